The summed E-state index contributed by atoms with van der Waals surface area (Å²) < 4.78 is 37.7. The largest absolute Gasteiger partial charge is 0.480 e. The summed E-state index contributed by atoms with van der Waals surface area (Å²) in [6, 6.07) is 3.36. The molecule has 23 heavy (non-hydrogen) atoms. The normalized spacial score (nSPS) is 23.8. The number of ether oxygens (including phenoxy) is 2. The van der Waals surface area contributed by atoms with Crippen LogP contribution in [0.4, 0.5) is 0 Å². The summed E-state index contributed by atoms with van der Waals surface area (Å²) in [4.78, 5) is 0. The predicted octanol–water partition coefficient (Wildman–Crippen LogP) is 1.60. The van der Waals surface area contributed by atoms with E-state index in [1.54, 1.807) is 16.4 Å². The van der Waals surface area contributed by atoms with Crippen molar-refractivity contribution < 1.29 is 17.9 Å². The highest BCUT2D eigenvalue weighted by Gasteiger charge is 2.38. The first kappa shape index (κ1) is 16.4. The molecular weight excluding hydrogens is 318 g/mol. The van der Waals surface area contributed by atoms with E-state index in [1.165, 1.54) is 7.11 Å². The van der Waals surface area contributed by atoms with Crippen molar-refractivity contribution >= 4 is 10.0 Å². The molecule has 1 aromatic rings. The molecule has 0 amide bonds. The van der Waals surface area contributed by atoms with Crippen LogP contribution < -0.4 is 9.47 Å². The Morgan fingerprint density at radius 1 is 1.09 bits per heavy atom. The minimum atomic E-state index is -3.20. The maximum absolute atomic E-state index is 12.7. The van der Waals surface area contributed by atoms with Crippen molar-refractivity contribution in [3.8, 4) is 11.8 Å². The highest BCUT2D eigenvalue weighted by atomic mass is 32.2. The van der Waals surface area contributed by atoms with Gasteiger partial charge in [0.2, 0.25) is 21.8 Å². The molecule has 1 saturated carbocycles. The lowest BCUT2D eigenvalue weighted by Gasteiger charge is -2.26. The second kappa shape index (κ2) is 7.00. The van der Waals surface area contributed by atoms with Crippen molar-refractivity contribution in [2.24, 2.45) is 0 Å². The first-order valence-corrected chi connectivity index (χ1v) is 9.63. The Labute approximate surface area is 137 Å². The van der Waals surface area contributed by atoms with Gasteiger partial charge in [-0.05, 0) is 19.3 Å². The second-order valence-corrected chi connectivity index (χ2v) is 8.32. The molecule has 1 saturated heterocycles. The molecule has 1 aromatic heterocycles. The summed E-state index contributed by atoms with van der Waals surface area (Å²) in [7, 11) is -1.68. The molecule has 128 valence electrons. The van der Waals surface area contributed by atoms with Crippen molar-refractivity contribution in [1.29, 1.82) is 0 Å². The topological polar surface area (TPSA) is 81.6 Å². The number of hydrogen-bond donors (Lipinski definition) is 0. The SMILES string of the molecule is COc1ccc(O[C@H]2CCN(S(=O)(=O)C3CCCCC3)C2)nn1. The standard InChI is InChI=1S/C15H23N3O4S/c1-21-14-7-8-15(17-16-14)22-12-9-10-18(11-12)23(19,20)13-5-3-2-4-6-13/h7-8,12-13H,2-6,9-11H2,1H3/t12-/m0/s1. The molecule has 0 bridgehead atoms. The van der Waals surface area contributed by atoms with Gasteiger partial charge in [0.25, 0.3) is 0 Å². The Kier molecular flexibility index (Phi) is 5.01. The van der Waals surface area contributed by atoms with Gasteiger partial charge in [-0.1, -0.05) is 19.3 Å². The van der Waals surface area contributed by atoms with E-state index in [0.29, 0.717) is 31.3 Å². The average Bonchev–Trinajstić information content (AvgIpc) is 3.06. The number of rotatable bonds is 5. The second-order valence-electron chi connectivity index (χ2n) is 6.11. The Bertz CT molecular complexity index is 614. The smallest absolute Gasteiger partial charge is 0.233 e. The number of sulfonamides is 1. The monoisotopic (exact) mass is 341 g/mol. The van der Waals surface area contributed by atoms with E-state index in [-0.39, 0.29) is 11.4 Å². The summed E-state index contributed by atoms with van der Waals surface area (Å²) in [5.41, 5.74) is 0. The van der Waals surface area contributed by atoms with Crippen LogP contribution in [0.5, 0.6) is 11.8 Å². The number of hydrogen-bond acceptors (Lipinski definition) is 6. The molecule has 2 aliphatic rings. The van der Waals surface area contributed by atoms with Crippen LogP contribution >= 0.6 is 0 Å². The Morgan fingerprint density at radius 2 is 1.78 bits per heavy atom. The minimum absolute atomic E-state index is 0.170. The predicted molar refractivity (Wildman–Crippen MR) is 85.0 cm³/mol. The molecule has 3 rings (SSSR count). The van der Waals surface area contributed by atoms with E-state index >= 15 is 0 Å². The maximum Gasteiger partial charge on any atom is 0.233 e. The lowest BCUT2D eigenvalue weighted by molar-refractivity contribution is 0.203. The molecule has 0 N–H and O–H groups in total. The van der Waals surface area contributed by atoms with E-state index in [2.05, 4.69) is 10.2 Å². The molecule has 0 radical (unpaired) electrons. The van der Waals surface area contributed by atoms with Gasteiger partial charge in [0.1, 0.15) is 6.10 Å². The number of aromatic nitrogens is 2. The van der Waals surface area contributed by atoms with Gasteiger partial charge < -0.3 is 9.47 Å². The highest BCUT2D eigenvalue weighted by Crippen LogP contribution is 2.29. The molecule has 0 aromatic carbocycles. The summed E-state index contributed by atoms with van der Waals surface area (Å²) in [6.07, 6.45) is 5.25. The first-order chi connectivity index (χ1) is 11.1. The lowest BCUT2D eigenvalue weighted by atomic mass is 10.0. The first-order valence-electron chi connectivity index (χ1n) is 8.13. The maximum atomic E-state index is 12.7. The van der Waals surface area contributed by atoms with Gasteiger partial charge in [0.05, 0.1) is 18.9 Å². The highest BCUT2D eigenvalue weighted by molar-refractivity contribution is 7.89. The third kappa shape index (κ3) is 3.74. The zero-order valence-corrected chi connectivity index (χ0v) is 14.2. The molecule has 1 aliphatic carbocycles. The minimum Gasteiger partial charge on any atom is -0.480 e. The molecule has 1 atom stereocenters. The van der Waals surface area contributed by atoms with Crippen LogP contribution in [0.2, 0.25) is 0 Å². The molecule has 2 fully saturated rings. The van der Waals surface area contributed by atoms with Gasteiger partial charge in [-0.15, -0.1) is 10.2 Å². The number of nitrogens with zero attached hydrogens (tertiary/aromatic N) is 3. The van der Waals surface area contributed by atoms with Crippen molar-refractivity contribution in [3.63, 3.8) is 0 Å². The van der Waals surface area contributed by atoms with Crippen molar-refractivity contribution in [2.45, 2.75) is 49.9 Å². The molecule has 1 aliphatic heterocycles. The molecule has 0 spiro atoms. The van der Waals surface area contributed by atoms with E-state index < -0.39 is 10.0 Å². The summed E-state index contributed by atoms with van der Waals surface area (Å²) in [6.45, 7) is 0.916. The Hall–Kier alpha value is -1.41. The fraction of sp³-hybridized carbons (Fsp3) is 0.733. The quantitative estimate of drug-likeness (QED) is 0.809. The van der Waals surface area contributed by atoms with Crippen LogP contribution in [0, 0.1) is 0 Å². The third-order valence-electron chi connectivity index (χ3n) is 4.55. The van der Waals surface area contributed by atoms with E-state index in [9.17, 15) is 8.42 Å². The summed E-state index contributed by atoms with van der Waals surface area (Å²) in [5, 5.41) is 7.56. The van der Waals surface area contributed by atoms with Crippen molar-refractivity contribution in [2.75, 3.05) is 20.2 Å². The van der Waals surface area contributed by atoms with Crippen LogP contribution in [0.3, 0.4) is 0 Å². The zero-order chi connectivity index (χ0) is 16.3. The van der Waals surface area contributed by atoms with Gasteiger partial charge in [-0.25, -0.2) is 8.42 Å². The van der Waals surface area contributed by atoms with Crippen LogP contribution in [0.15, 0.2) is 12.1 Å². The van der Waals surface area contributed by atoms with Crippen LogP contribution in [-0.2, 0) is 10.0 Å². The third-order valence-corrected chi connectivity index (χ3v) is 6.92. The van der Waals surface area contributed by atoms with E-state index in [4.69, 9.17) is 9.47 Å². The fourth-order valence-corrected chi connectivity index (χ4v) is 5.33. The van der Waals surface area contributed by atoms with Crippen molar-refractivity contribution in [1.82, 2.24) is 14.5 Å². The average molecular weight is 341 g/mol. The van der Waals surface area contributed by atoms with Gasteiger partial charge in [0, 0.05) is 18.7 Å². The molecular formula is C15H23N3O4S. The Morgan fingerprint density at radius 3 is 2.43 bits per heavy atom. The van der Waals surface area contributed by atoms with Gasteiger partial charge >= 0.3 is 0 Å². The number of methoxy groups -OCH3 is 1. The van der Waals surface area contributed by atoms with Crippen molar-refractivity contribution in [3.05, 3.63) is 12.1 Å². The molecule has 2 heterocycles. The van der Waals surface area contributed by atoms with E-state index in [1.807, 2.05) is 0 Å². The van der Waals surface area contributed by atoms with Crippen LogP contribution in [0.25, 0.3) is 0 Å². The molecule has 8 heteroatoms. The van der Waals surface area contributed by atoms with Crippen LogP contribution in [-0.4, -0.2) is 54.5 Å². The van der Waals surface area contributed by atoms with Gasteiger partial charge in [-0.2, -0.15) is 4.31 Å². The molecule has 7 nitrogen and oxygen atoms in total. The summed E-state index contributed by atoms with van der Waals surface area (Å²) >= 11 is 0. The van der Waals surface area contributed by atoms with Crippen LogP contribution in [0.1, 0.15) is 38.5 Å². The van der Waals surface area contributed by atoms with Gasteiger partial charge in [-0.3, -0.25) is 0 Å². The fourth-order valence-electron chi connectivity index (χ4n) is 3.25. The van der Waals surface area contributed by atoms with E-state index in [0.717, 1.165) is 32.1 Å². The zero-order valence-electron chi connectivity index (χ0n) is 13.3. The lowest BCUT2D eigenvalue weighted by Crippen LogP contribution is -2.39. The molecule has 0 unspecified atom stereocenters. The Balaban J connectivity index is 1.59. The summed E-state index contributed by atoms with van der Waals surface area (Å²) in [5.74, 6) is 0.818. The van der Waals surface area contributed by atoms with Gasteiger partial charge in [0.15, 0.2) is 0 Å².